The van der Waals surface area contributed by atoms with Crippen LogP contribution >= 0.6 is 0 Å². The van der Waals surface area contributed by atoms with Gasteiger partial charge in [-0.05, 0) is 18.2 Å². The van der Waals surface area contributed by atoms with E-state index >= 15 is 0 Å². The number of fused-ring (bicyclic) bond motifs is 1. The molecule has 3 N–H and O–H groups in total. The topological polar surface area (TPSA) is 99.6 Å². The van der Waals surface area contributed by atoms with Crippen molar-refractivity contribution in [2.75, 3.05) is 7.11 Å². The van der Waals surface area contributed by atoms with E-state index in [1.807, 2.05) is 0 Å². The van der Waals surface area contributed by atoms with Crippen molar-refractivity contribution in [3.05, 3.63) is 34.2 Å². The Bertz CT molecular complexity index is 659. The zero-order valence-corrected chi connectivity index (χ0v) is 8.85. The summed E-state index contributed by atoms with van der Waals surface area (Å²) in [5, 5.41) is 18.9. The Morgan fingerprint density at radius 2 is 2.06 bits per heavy atom. The SMILES string of the molecule is COc1ccc2c(=O)[nH]c(C(=O)O)c(O)c2c1. The van der Waals surface area contributed by atoms with E-state index in [2.05, 4.69) is 4.98 Å². The number of aromatic carboxylic acids is 1. The minimum Gasteiger partial charge on any atom is -0.505 e. The molecule has 2 rings (SSSR count). The third-order valence-electron chi connectivity index (χ3n) is 2.42. The predicted molar refractivity (Wildman–Crippen MR) is 59.7 cm³/mol. The van der Waals surface area contributed by atoms with Crippen molar-refractivity contribution >= 4 is 16.7 Å². The fourth-order valence-corrected chi connectivity index (χ4v) is 1.57. The van der Waals surface area contributed by atoms with E-state index in [1.165, 1.54) is 19.2 Å². The van der Waals surface area contributed by atoms with Crippen molar-refractivity contribution < 1.29 is 19.7 Å². The molecule has 0 saturated carbocycles. The van der Waals surface area contributed by atoms with E-state index in [4.69, 9.17) is 9.84 Å². The maximum absolute atomic E-state index is 11.6. The fraction of sp³-hybridized carbons (Fsp3) is 0.0909. The minimum absolute atomic E-state index is 0.144. The van der Waals surface area contributed by atoms with Crippen LogP contribution in [0, 0.1) is 0 Å². The van der Waals surface area contributed by atoms with Crippen LogP contribution in [-0.4, -0.2) is 28.3 Å². The number of benzene rings is 1. The predicted octanol–water partition coefficient (Wildman–Crippen LogP) is 0.940. The van der Waals surface area contributed by atoms with Crippen LogP contribution in [0.3, 0.4) is 0 Å². The van der Waals surface area contributed by atoms with Gasteiger partial charge in [0.15, 0.2) is 11.4 Å². The standard InChI is InChI=1S/C11H9NO5/c1-17-5-2-3-6-7(4-5)9(13)8(11(15)16)12-10(6)14/h2-4,13H,1H3,(H,12,14)(H,15,16). The number of hydrogen-bond donors (Lipinski definition) is 3. The number of aromatic amines is 1. The van der Waals surface area contributed by atoms with Gasteiger partial charge in [0.25, 0.3) is 5.56 Å². The first-order valence-corrected chi connectivity index (χ1v) is 4.71. The quantitative estimate of drug-likeness (QED) is 0.719. The summed E-state index contributed by atoms with van der Waals surface area (Å²) in [5.41, 5.74) is -1.10. The Hall–Kier alpha value is -2.50. The highest BCUT2D eigenvalue weighted by Gasteiger charge is 2.16. The molecule has 0 bridgehead atoms. The lowest BCUT2D eigenvalue weighted by Gasteiger charge is -2.06. The molecule has 1 aromatic carbocycles. The third-order valence-corrected chi connectivity index (χ3v) is 2.42. The summed E-state index contributed by atoms with van der Waals surface area (Å²) in [4.78, 5) is 24.5. The molecular formula is C11H9NO5. The Kier molecular flexibility index (Phi) is 2.47. The summed E-state index contributed by atoms with van der Waals surface area (Å²) in [6, 6.07) is 4.42. The molecule has 1 heterocycles. The number of carboxylic acids is 1. The molecule has 17 heavy (non-hydrogen) atoms. The molecule has 0 amide bonds. The fourth-order valence-electron chi connectivity index (χ4n) is 1.57. The van der Waals surface area contributed by atoms with Gasteiger partial charge in [-0.2, -0.15) is 0 Å². The molecule has 6 nitrogen and oxygen atoms in total. The number of H-pyrrole nitrogens is 1. The lowest BCUT2D eigenvalue weighted by atomic mass is 10.1. The van der Waals surface area contributed by atoms with E-state index in [-0.39, 0.29) is 10.8 Å². The smallest absolute Gasteiger partial charge is 0.356 e. The Balaban J connectivity index is 2.90. The van der Waals surface area contributed by atoms with E-state index in [1.54, 1.807) is 6.07 Å². The molecule has 88 valence electrons. The van der Waals surface area contributed by atoms with Gasteiger partial charge in [0.05, 0.1) is 12.5 Å². The summed E-state index contributed by atoms with van der Waals surface area (Å²) in [7, 11) is 1.43. The molecule has 0 saturated heterocycles. The van der Waals surface area contributed by atoms with Gasteiger partial charge in [-0.1, -0.05) is 0 Å². The number of carboxylic acid groups (broad SMARTS) is 1. The summed E-state index contributed by atoms with van der Waals surface area (Å²) >= 11 is 0. The van der Waals surface area contributed by atoms with Gasteiger partial charge < -0.3 is 19.9 Å². The molecule has 2 aromatic rings. The van der Waals surface area contributed by atoms with E-state index in [0.717, 1.165) is 0 Å². The van der Waals surface area contributed by atoms with Crippen molar-refractivity contribution in [1.29, 1.82) is 0 Å². The lowest BCUT2D eigenvalue weighted by molar-refractivity contribution is 0.0687. The second-order valence-corrected chi connectivity index (χ2v) is 3.39. The highest BCUT2D eigenvalue weighted by molar-refractivity contribution is 5.98. The van der Waals surface area contributed by atoms with Gasteiger partial charge in [-0.15, -0.1) is 0 Å². The van der Waals surface area contributed by atoms with Crippen LogP contribution in [0.2, 0.25) is 0 Å². The molecule has 0 atom stereocenters. The normalized spacial score (nSPS) is 10.4. The number of ether oxygens (including phenoxy) is 1. The van der Waals surface area contributed by atoms with Crippen molar-refractivity contribution in [1.82, 2.24) is 4.98 Å². The zero-order valence-electron chi connectivity index (χ0n) is 8.85. The maximum atomic E-state index is 11.6. The van der Waals surface area contributed by atoms with Gasteiger partial charge in [0.2, 0.25) is 0 Å². The van der Waals surface area contributed by atoms with E-state index in [0.29, 0.717) is 5.75 Å². The van der Waals surface area contributed by atoms with Crippen LogP contribution in [0.15, 0.2) is 23.0 Å². The summed E-state index contributed by atoms with van der Waals surface area (Å²) in [5.74, 6) is -1.45. The molecule has 6 heteroatoms. The Labute approximate surface area is 95.1 Å². The number of carbonyl (C=O) groups is 1. The first kappa shape index (κ1) is 11.0. The summed E-state index contributed by atoms with van der Waals surface area (Å²) in [6.07, 6.45) is 0. The second kappa shape index (κ2) is 3.82. The number of aromatic hydroxyl groups is 1. The van der Waals surface area contributed by atoms with Crippen LogP contribution in [0.5, 0.6) is 11.5 Å². The molecular weight excluding hydrogens is 226 g/mol. The maximum Gasteiger partial charge on any atom is 0.356 e. The van der Waals surface area contributed by atoms with Crippen LogP contribution in [-0.2, 0) is 0 Å². The molecule has 0 aliphatic rings. The van der Waals surface area contributed by atoms with Crippen LogP contribution in [0.1, 0.15) is 10.5 Å². The van der Waals surface area contributed by atoms with Gasteiger partial charge in [-0.3, -0.25) is 4.79 Å². The molecule has 0 unspecified atom stereocenters. The molecule has 0 fully saturated rings. The number of rotatable bonds is 2. The monoisotopic (exact) mass is 235 g/mol. The van der Waals surface area contributed by atoms with Crippen LogP contribution in [0.25, 0.3) is 10.8 Å². The Morgan fingerprint density at radius 1 is 1.35 bits per heavy atom. The highest BCUT2D eigenvalue weighted by Crippen LogP contribution is 2.28. The van der Waals surface area contributed by atoms with E-state index < -0.39 is 23.0 Å². The van der Waals surface area contributed by atoms with Crippen molar-refractivity contribution in [3.63, 3.8) is 0 Å². The number of nitrogens with one attached hydrogen (secondary N) is 1. The van der Waals surface area contributed by atoms with Crippen molar-refractivity contribution in [2.24, 2.45) is 0 Å². The van der Waals surface area contributed by atoms with Crippen LogP contribution < -0.4 is 10.3 Å². The zero-order chi connectivity index (χ0) is 12.6. The number of pyridine rings is 1. The lowest BCUT2D eigenvalue weighted by Crippen LogP contribution is -2.13. The van der Waals surface area contributed by atoms with Crippen molar-refractivity contribution in [2.45, 2.75) is 0 Å². The van der Waals surface area contributed by atoms with Gasteiger partial charge in [0, 0.05) is 5.39 Å². The van der Waals surface area contributed by atoms with Gasteiger partial charge in [-0.25, -0.2) is 4.79 Å². The number of methoxy groups -OCH3 is 1. The average molecular weight is 235 g/mol. The largest absolute Gasteiger partial charge is 0.505 e. The van der Waals surface area contributed by atoms with Gasteiger partial charge in [0.1, 0.15) is 5.75 Å². The first-order valence-electron chi connectivity index (χ1n) is 4.71. The highest BCUT2D eigenvalue weighted by atomic mass is 16.5. The Morgan fingerprint density at radius 3 is 2.65 bits per heavy atom. The molecule has 0 spiro atoms. The third kappa shape index (κ3) is 1.69. The number of aromatic nitrogens is 1. The van der Waals surface area contributed by atoms with E-state index in [9.17, 15) is 14.7 Å². The first-order chi connectivity index (χ1) is 8.04. The van der Waals surface area contributed by atoms with Crippen molar-refractivity contribution in [3.8, 4) is 11.5 Å². The molecule has 1 aromatic heterocycles. The second-order valence-electron chi connectivity index (χ2n) is 3.39. The number of hydrogen-bond acceptors (Lipinski definition) is 4. The molecule has 0 radical (unpaired) electrons. The average Bonchev–Trinajstić information content (AvgIpc) is 2.32. The minimum atomic E-state index is -1.40. The van der Waals surface area contributed by atoms with Gasteiger partial charge >= 0.3 is 5.97 Å². The van der Waals surface area contributed by atoms with Crippen LogP contribution in [0.4, 0.5) is 0 Å². The summed E-state index contributed by atoms with van der Waals surface area (Å²) < 4.78 is 4.95. The molecule has 0 aliphatic carbocycles. The molecule has 0 aliphatic heterocycles. The summed E-state index contributed by atoms with van der Waals surface area (Å²) in [6.45, 7) is 0.